The molecule has 1 amide bonds. The normalized spacial score (nSPS) is 11.1. The van der Waals surface area contributed by atoms with Crippen molar-refractivity contribution in [3.05, 3.63) is 83.8 Å². The van der Waals surface area contributed by atoms with E-state index in [1.807, 2.05) is 0 Å². The van der Waals surface area contributed by atoms with E-state index in [1.165, 1.54) is 30.5 Å². The number of anilines is 1. The number of fused-ring (bicyclic) bond motifs is 1. The van der Waals surface area contributed by atoms with Crippen molar-refractivity contribution in [1.82, 2.24) is 14.3 Å². The molecule has 0 radical (unpaired) electrons. The number of benzene rings is 2. The standard InChI is InChI=1S/C20H16F2N4O/c1-25-18-4-2-3-17(22)16(18)9-19(25)20(27)24-15-10-23-26(12-15)11-13-5-7-14(21)8-6-13/h2-10,12H,11H2,1H3,(H,24,27). The van der Waals surface area contributed by atoms with Gasteiger partial charge in [0.05, 0.1) is 23.9 Å². The number of amides is 1. The minimum absolute atomic E-state index is 0.293. The average molecular weight is 366 g/mol. The first-order valence-electron chi connectivity index (χ1n) is 8.33. The third-order valence-corrected chi connectivity index (χ3v) is 4.42. The van der Waals surface area contributed by atoms with Crippen LogP contribution in [0, 0.1) is 11.6 Å². The zero-order valence-corrected chi connectivity index (χ0v) is 14.5. The molecule has 0 aliphatic heterocycles. The predicted octanol–water partition coefficient (Wildman–Crippen LogP) is 3.95. The summed E-state index contributed by atoms with van der Waals surface area (Å²) in [7, 11) is 1.72. The van der Waals surface area contributed by atoms with Gasteiger partial charge in [0.1, 0.15) is 17.3 Å². The van der Waals surface area contributed by atoms with E-state index in [2.05, 4.69) is 10.4 Å². The van der Waals surface area contributed by atoms with Crippen LogP contribution in [0.25, 0.3) is 10.9 Å². The van der Waals surface area contributed by atoms with Gasteiger partial charge in [0, 0.05) is 18.6 Å². The van der Waals surface area contributed by atoms with Gasteiger partial charge in [-0.2, -0.15) is 5.10 Å². The molecule has 0 atom stereocenters. The van der Waals surface area contributed by atoms with Crippen LogP contribution < -0.4 is 5.32 Å². The summed E-state index contributed by atoms with van der Waals surface area (Å²) in [5.41, 5.74) is 2.41. The lowest BCUT2D eigenvalue weighted by molar-refractivity contribution is 0.101. The molecule has 0 unspecified atom stereocenters. The molecule has 2 heterocycles. The third kappa shape index (κ3) is 3.31. The Morgan fingerprint density at radius 3 is 2.67 bits per heavy atom. The number of carbonyl (C=O) groups excluding carboxylic acids is 1. The minimum Gasteiger partial charge on any atom is -0.340 e. The number of hydrogen-bond acceptors (Lipinski definition) is 2. The van der Waals surface area contributed by atoms with E-state index >= 15 is 0 Å². The van der Waals surface area contributed by atoms with Crippen molar-refractivity contribution in [2.75, 3.05) is 5.32 Å². The van der Waals surface area contributed by atoms with Crippen LogP contribution >= 0.6 is 0 Å². The van der Waals surface area contributed by atoms with Crippen molar-refractivity contribution in [1.29, 1.82) is 0 Å². The first-order valence-corrected chi connectivity index (χ1v) is 8.33. The van der Waals surface area contributed by atoms with Gasteiger partial charge in [0.15, 0.2) is 0 Å². The molecular weight excluding hydrogens is 350 g/mol. The molecule has 4 rings (SSSR count). The van der Waals surface area contributed by atoms with Crippen molar-refractivity contribution >= 4 is 22.5 Å². The summed E-state index contributed by atoms with van der Waals surface area (Å²) in [4.78, 5) is 12.6. The number of aromatic nitrogens is 3. The van der Waals surface area contributed by atoms with E-state index in [0.717, 1.165) is 5.56 Å². The van der Waals surface area contributed by atoms with Crippen LogP contribution in [0.4, 0.5) is 14.5 Å². The van der Waals surface area contributed by atoms with Crippen LogP contribution in [-0.4, -0.2) is 20.3 Å². The van der Waals surface area contributed by atoms with E-state index < -0.39 is 0 Å². The Hall–Kier alpha value is -3.48. The van der Waals surface area contributed by atoms with Crippen LogP contribution in [0.5, 0.6) is 0 Å². The Morgan fingerprint density at radius 2 is 1.93 bits per heavy atom. The second-order valence-electron chi connectivity index (χ2n) is 6.27. The van der Waals surface area contributed by atoms with Gasteiger partial charge in [0.25, 0.3) is 5.91 Å². The van der Waals surface area contributed by atoms with Crippen molar-refractivity contribution in [3.8, 4) is 0 Å². The molecule has 136 valence electrons. The average Bonchev–Trinajstić information content (AvgIpc) is 3.22. The minimum atomic E-state index is -0.366. The van der Waals surface area contributed by atoms with Gasteiger partial charge in [-0.1, -0.05) is 18.2 Å². The summed E-state index contributed by atoms with van der Waals surface area (Å²) in [6, 6.07) is 12.4. The quantitative estimate of drug-likeness (QED) is 0.595. The largest absolute Gasteiger partial charge is 0.340 e. The zero-order chi connectivity index (χ0) is 19.0. The zero-order valence-electron chi connectivity index (χ0n) is 14.5. The van der Waals surface area contributed by atoms with Crippen molar-refractivity contribution in [2.24, 2.45) is 7.05 Å². The highest BCUT2D eigenvalue weighted by Crippen LogP contribution is 2.22. The Balaban J connectivity index is 1.52. The fourth-order valence-electron chi connectivity index (χ4n) is 3.03. The third-order valence-electron chi connectivity index (χ3n) is 4.42. The number of aryl methyl sites for hydroxylation is 1. The Kier molecular flexibility index (Phi) is 4.19. The van der Waals surface area contributed by atoms with Crippen molar-refractivity contribution in [3.63, 3.8) is 0 Å². The molecule has 1 N–H and O–H groups in total. The molecule has 0 bridgehead atoms. The second-order valence-corrected chi connectivity index (χ2v) is 6.27. The van der Waals surface area contributed by atoms with Crippen LogP contribution in [-0.2, 0) is 13.6 Å². The van der Waals surface area contributed by atoms with E-state index in [0.29, 0.717) is 28.8 Å². The fraction of sp³-hybridized carbons (Fsp3) is 0.100. The number of hydrogen-bond donors (Lipinski definition) is 1. The van der Waals surface area contributed by atoms with Crippen LogP contribution in [0.15, 0.2) is 60.9 Å². The summed E-state index contributed by atoms with van der Waals surface area (Å²) < 4.78 is 30.2. The number of nitrogens with one attached hydrogen (secondary N) is 1. The number of nitrogens with zero attached hydrogens (tertiary/aromatic N) is 3. The Bertz CT molecular complexity index is 1130. The molecule has 27 heavy (non-hydrogen) atoms. The maximum absolute atomic E-state index is 13.9. The summed E-state index contributed by atoms with van der Waals surface area (Å²) >= 11 is 0. The van der Waals surface area contributed by atoms with E-state index in [-0.39, 0.29) is 17.5 Å². The fourth-order valence-corrected chi connectivity index (χ4v) is 3.03. The van der Waals surface area contributed by atoms with Gasteiger partial charge in [-0.25, -0.2) is 8.78 Å². The first-order chi connectivity index (χ1) is 13.0. The van der Waals surface area contributed by atoms with Gasteiger partial charge >= 0.3 is 0 Å². The highest BCUT2D eigenvalue weighted by Gasteiger charge is 2.16. The topological polar surface area (TPSA) is 51.9 Å². The van der Waals surface area contributed by atoms with E-state index in [1.54, 1.807) is 46.8 Å². The van der Waals surface area contributed by atoms with Gasteiger partial charge < -0.3 is 9.88 Å². The lowest BCUT2D eigenvalue weighted by Crippen LogP contribution is -2.15. The van der Waals surface area contributed by atoms with Gasteiger partial charge in [-0.05, 0) is 35.9 Å². The molecule has 0 saturated heterocycles. The van der Waals surface area contributed by atoms with Crippen molar-refractivity contribution in [2.45, 2.75) is 6.54 Å². The number of rotatable bonds is 4. The van der Waals surface area contributed by atoms with Crippen LogP contribution in [0.2, 0.25) is 0 Å². The lowest BCUT2D eigenvalue weighted by atomic mass is 10.2. The molecule has 7 heteroatoms. The molecular formula is C20H16F2N4O. The Morgan fingerprint density at radius 1 is 1.15 bits per heavy atom. The number of carbonyl (C=O) groups is 1. The maximum atomic E-state index is 13.9. The molecule has 0 spiro atoms. The van der Waals surface area contributed by atoms with Gasteiger partial charge in [-0.3, -0.25) is 9.48 Å². The molecule has 2 aromatic carbocycles. The van der Waals surface area contributed by atoms with Gasteiger partial charge in [-0.15, -0.1) is 0 Å². The summed E-state index contributed by atoms with van der Waals surface area (Å²) in [5.74, 6) is -1.01. The molecule has 4 aromatic rings. The second kappa shape index (κ2) is 6.68. The molecule has 2 aromatic heterocycles. The lowest BCUT2D eigenvalue weighted by Gasteiger charge is -2.04. The SMILES string of the molecule is Cn1c(C(=O)Nc2cnn(Cc3ccc(F)cc3)c2)cc2c(F)cccc21. The summed E-state index contributed by atoms with van der Waals surface area (Å²) in [5, 5.41) is 7.37. The van der Waals surface area contributed by atoms with Crippen LogP contribution in [0.1, 0.15) is 16.1 Å². The summed E-state index contributed by atoms with van der Waals surface area (Å²) in [6.07, 6.45) is 3.22. The first kappa shape index (κ1) is 17.0. The van der Waals surface area contributed by atoms with Crippen LogP contribution in [0.3, 0.4) is 0 Å². The molecule has 0 saturated carbocycles. The monoisotopic (exact) mass is 366 g/mol. The van der Waals surface area contributed by atoms with E-state index in [9.17, 15) is 13.6 Å². The number of halogens is 2. The predicted molar refractivity (Wildman–Crippen MR) is 98.6 cm³/mol. The highest BCUT2D eigenvalue weighted by atomic mass is 19.1. The van der Waals surface area contributed by atoms with Gasteiger partial charge in [0.2, 0.25) is 0 Å². The molecule has 5 nitrogen and oxygen atoms in total. The highest BCUT2D eigenvalue weighted by molar-refractivity contribution is 6.06. The maximum Gasteiger partial charge on any atom is 0.272 e. The Labute approximate surface area is 153 Å². The molecule has 0 aliphatic rings. The smallest absolute Gasteiger partial charge is 0.272 e. The summed E-state index contributed by atoms with van der Waals surface area (Å²) in [6.45, 7) is 0.454. The molecule has 0 fully saturated rings. The van der Waals surface area contributed by atoms with E-state index in [4.69, 9.17) is 0 Å². The van der Waals surface area contributed by atoms with Crippen molar-refractivity contribution < 1.29 is 13.6 Å². The molecule has 0 aliphatic carbocycles.